The predicted molar refractivity (Wildman–Crippen MR) is 108 cm³/mol. The number of rotatable bonds is 4. The lowest BCUT2D eigenvalue weighted by molar-refractivity contribution is -0.132. The van der Waals surface area contributed by atoms with Crippen molar-refractivity contribution >= 4 is 39.9 Å². The minimum absolute atomic E-state index is 0.130. The molecule has 0 saturated heterocycles. The number of hydrogen-bond acceptors (Lipinski definition) is 3. The Morgan fingerprint density at radius 2 is 1.43 bits per heavy atom. The molecule has 3 N–H and O–H groups in total. The first-order chi connectivity index (χ1) is 13.6. The summed E-state index contributed by atoms with van der Waals surface area (Å²) in [5.41, 5.74) is 1.54. The van der Waals surface area contributed by atoms with Crippen molar-refractivity contribution in [3.05, 3.63) is 72.3 Å². The van der Waals surface area contributed by atoms with Crippen LogP contribution in [0.3, 0.4) is 0 Å². The molecule has 1 saturated carbocycles. The fourth-order valence-corrected chi connectivity index (χ4v) is 2.90. The maximum atomic E-state index is 12.3. The van der Waals surface area contributed by atoms with Crippen molar-refractivity contribution in [2.45, 2.75) is 18.9 Å². The van der Waals surface area contributed by atoms with E-state index in [2.05, 4.69) is 16.0 Å². The van der Waals surface area contributed by atoms with Gasteiger partial charge >= 0.3 is 11.8 Å². The minimum atomic E-state index is -0.775. The molecule has 28 heavy (non-hydrogen) atoms. The number of fused-ring (bicyclic) bond motifs is 1. The first kappa shape index (κ1) is 17.7. The highest BCUT2D eigenvalue weighted by Gasteiger charge is 2.23. The van der Waals surface area contributed by atoms with E-state index in [4.69, 9.17) is 0 Å². The molecule has 0 bridgehead atoms. The van der Waals surface area contributed by atoms with Crippen molar-refractivity contribution in [3.8, 4) is 0 Å². The van der Waals surface area contributed by atoms with E-state index in [0.29, 0.717) is 16.9 Å². The molecule has 1 aliphatic rings. The Morgan fingerprint density at radius 3 is 2.18 bits per heavy atom. The predicted octanol–water partition coefficient (Wildman–Crippen LogP) is 3.31. The second kappa shape index (κ2) is 7.52. The first-order valence-corrected chi connectivity index (χ1v) is 9.11. The van der Waals surface area contributed by atoms with E-state index in [0.717, 1.165) is 23.6 Å². The standard InChI is InChI=1S/C22H19N3O3/c26-20(23-17-12-13-17)15-8-10-16(11-9-15)24-21(27)22(28)25-19-7-3-5-14-4-1-2-6-18(14)19/h1-11,17H,12-13H2,(H,23,26)(H,24,27)(H,25,28). The molecule has 1 fully saturated rings. The summed E-state index contributed by atoms with van der Waals surface area (Å²) in [6, 6.07) is 19.8. The number of hydrogen-bond donors (Lipinski definition) is 3. The minimum Gasteiger partial charge on any atom is -0.349 e. The van der Waals surface area contributed by atoms with Gasteiger partial charge < -0.3 is 16.0 Å². The van der Waals surface area contributed by atoms with Crippen LogP contribution >= 0.6 is 0 Å². The summed E-state index contributed by atoms with van der Waals surface area (Å²) in [6.45, 7) is 0. The fraction of sp³-hybridized carbons (Fsp3) is 0.136. The number of carbonyl (C=O) groups is 3. The topological polar surface area (TPSA) is 87.3 Å². The van der Waals surface area contributed by atoms with Gasteiger partial charge in [-0.1, -0.05) is 36.4 Å². The molecule has 140 valence electrons. The normalized spacial score (nSPS) is 13.0. The summed E-state index contributed by atoms with van der Waals surface area (Å²) in [5, 5.41) is 9.93. The van der Waals surface area contributed by atoms with E-state index in [9.17, 15) is 14.4 Å². The molecule has 3 aromatic carbocycles. The van der Waals surface area contributed by atoms with E-state index in [-0.39, 0.29) is 11.9 Å². The second-order valence-corrected chi connectivity index (χ2v) is 6.76. The lowest BCUT2D eigenvalue weighted by Crippen LogP contribution is -2.29. The van der Waals surface area contributed by atoms with Crippen molar-refractivity contribution < 1.29 is 14.4 Å². The van der Waals surface area contributed by atoms with Gasteiger partial charge in [0.2, 0.25) is 0 Å². The van der Waals surface area contributed by atoms with E-state index >= 15 is 0 Å². The Balaban J connectivity index is 1.40. The third-order valence-electron chi connectivity index (χ3n) is 4.56. The molecule has 0 spiro atoms. The molecule has 3 amide bonds. The zero-order chi connectivity index (χ0) is 19.5. The Morgan fingerprint density at radius 1 is 0.750 bits per heavy atom. The van der Waals surface area contributed by atoms with Crippen LogP contribution in [-0.2, 0) is 9.59 Å². The molecule has 6 heteroatoms. The van der Waals surface area contributed by atoms with Gasteiger partial charge in [0.05, 0.1) is 0 Å². The maximum Gasteiger partial charge on any atom is 0.314 e. The molecule has 0 aromatic heterocycles. The second-order valence-electron chi connectivity index (χ2n) is 6.76. The smallest absolute Gasteiger partial charge is 0.314 e. The number of anilines is 2. The number of nitrogens with one attached hydrogen (secondary N) is 3. The van der Waals surface area contributed by atoms with Crippen molar-refractivity contribution in [2.75, 3.05) is 10.6 Å². The van der Waals surface area contributed by atoms with Crippen LogP contribution in [0.2, 0.25) is 0 Å². The third kappa shape index (κ3) is 4.01. The van der Waals surface area contributed by atoms with Crippen LogP contribution in [-0.4, -0.2) is 23.8 Å². The maximum absolute atomic E-state index is 12.3. The van der Waals surface area contributed by atoms with Gasteiger partial charge in [-0.25, -0.2) is 0 Å². The Labute approximate surface area is 161 Å². The van der Waals surface area contributed by atoms with Crippen LogP contribution in [0.4, 0.5) is 11.4 Å². The molecular formula is C22H19N3O3. The average molecular weight is 373 g/mol. The largest absolute Gasteiger partial charge is 0.349 e. The monoisotopic (exact) mass is 373 g/mol. The third-order valence-corrected chi connectivity index (χ3v) is 4.56. The summed E-state index contributed by atoms with van der Waals surface area (Å²) in [6.07, 6.45) is 2.04. The number of benzene rings is 3. The van der Waals surface area contributed by atoms with Crippen LogP contribution in [0.25, 0.3) is 10.8 Å². The Hall–Kier alpha value is -3.67. The summed E-state index contributed by atoms with van der Waals surface area (Å²) >= 11 is 0. The molecule has 0 radical (unpaired) electrons. The number of amides is 3. The lowest BCUT2D eigenvalue weighted by atomic mass is 10.1. The zero-order valence-corrected chi connectivity index (χ0v) is 15.1. The summed E-state index contributed by atoms with van der Waals surface area (Å²) in [7, 11) is 0. The highest BCUT2D eigenvalue weighted by atomic mass is 16.2. The van der Waals surface area contributed by atoms with Crippen LogP contribution < -0.4 is 16.0 Å². The lowest BCUT2D eigenvalue weighted by Gasteiger charge is -2.09. The van der Waals surface area contributed by atoms with Crippen LogP contribution in [0.5, 0.6) is 0 Å². The van der Waals surface area contributed by atoms with E-state index in [1.54, 1.807) is 30.3 Å². The van der Waals surface area contributed by atoms with Crippen molar-refractivity contribution in [3.63, 3.8) is 0 Å². The summed E-state index contributed by atoms with van der Waals surface area (Å²) < 4.78 is 0. The first-order valence-electron chi connectivity index (χ1n) is 9.11. The summed E-state index contributed by atoms with van der Waals surface area (Å²) in [4.78, 5) is 36.5. The van der Waals surface area contributed by atoms with Gasteiger partial charge in [-0.2, -0.15) is 0 Å². The van der Waals surface area contributed by atoms with Crippen LogP contribution in [0, 0.1) is 0 Å². The van der Waals surface area contributed by atoms with Gasteiger partial charge in [-0.3, -0.25) is 14.4 Å². The molecular weight excluding hydrogens is 354 g/mol. The molecule has 3 aromatic rings. The molecule has 0 aliphatic heterocycles. The van der Waals surface area contributed by atoms with Crippen molar-refractivity contribution in [1.29, 1.82) is 0 Å². The Kier molecular flexibility index (Phi) is 4.76. The van der Waals surface area contributed by atoms with Crippen LogP contribution in [0.1, 0.15) is 23.2 Å². The fourth-order valence-electron chi connectivity index (χ4n) is 2.90. The SMILES string of the molecule is O=C(Nc1ccc(C(=O)NC2CC2)cc1)C(=O)Nc1cccc2ccccc12. The number of carbonyl (C=O) groups excluding carboxylic acids is 3. The van der Waals surface area contributed by atoms with Crippen molar-refractivity contribution in [2.24, 2.45) is 0 Å². The molecule has 1 aliphatic carbocycles. The highest BCUT2D eigenvalue weighted by molar-refractivity contribution is 6.44. The van der Waals surface area contributed by atoms with Gasteiger partial charge in [0.1, 0.15) is 0 Å². The molecule has 0 heterocycles. The van der Waals surface area contributed by atoms with Gasteiger partial charge in [0.25, 0.3) is 5.91 Å². The zero-order valence-electron chi connectivity index (χ0n) is 15.1. The molecule has 0 unspecified atom stereocenters. The molecule has 0 atom stereocenters. The summed E-state index contributed by atoms with van der Waals surface area (Å²) in [5.74, 6) is -1.66. The quantitative estimate of drug-likeness (QED) is 0.613. The average Bonchev–Trinajstić information content (AvgIpc) is 3.52. The van der Waals surface area contributed by atoms with Crippen LogP contribution in [0.15, 0.2) is 66.7 Å². The van der Waals surface area contributed by atoms with E-state index in [1.165, 1.54) is 0 Å². The van der Waals surface area contributed by atoms with E-state index < -0.39 is 11.8 Å². The van der Waals surface area contributed by atoms with Gasteiger partial charge in [0, 0.05) is 28.4 Å². The van der Waals surface area contributed by atoms with Gasteiger partial charge in [-0.15, -0.1) is 0 Å². The Bertz CT molecular complexity index is 1050. The van der Waals surface area contributed by atoms with E-state index in [1.807, 2.05) is 36.4 Å². The highest BCUT2D eigenvalue weighted by Crippen LogP contribution is 2.23. The molecule has 4 rings (SSSR count). The van der Waals surface area contributed by atoms with Gasteiger partial charge in [0.15, 0.2) is 0 Å². The van der Waals surface area contributed by atoms with Gasteiger partial charge in [-0.05, 0) is 48.6 Å². The van der Waals surface area contributed by atoms with Crippen molar-refractivity contribution in [1.82, 2.24) is 5.32 Å². The molecule has 6 nitrogen and oxygen atoms in total.